The van der Waals surface area contributed by atoms with E-state index in [2.05, 4.69) is 63.8 Å². The van der Waals surface area contributed by atoms with Crippen molar-refractivity contribution in [3.63, 3.8) is 0 Å². The predicted molar refractivity (Wildman–Crippen MR) is 121 cm³/mol. The highest BCUT2D eigenvalue weighted by Gasteiger charge is 2.14. The highest BCUT2D eigenvalue weighted by molar-refractivity contribution is 14.0. The number of hydrogen-bond donors (Lipinski definition) is 2. The molecule has 1 aromatic carbocycles. The molecule has 2 aromatic rings. The van der Waals surface area contributed by atoms with Crippen LogP contribution in [0.1, 0.15) is 15.3 Å². The lowest BCUT2D eigenvalue weighted by atomic mass is 10.1. The van der Waals surface area contributed by atoms with Gasteiger partial charge in [0.05, 0.1) is 19.8 Å². The van der Waals surface area contributed by atoms with Gasteiger partial charge < -0.3 is 20.3 Å². The number of para-hydroxylation sites is 1. The molecule has 0 atom stereocenters. The Kier molecular flexibility index (Phi) is 8.67. The molecule has 0 radical (unpaired) electrons. The number of guanidine groups is 1. The van der Waals surface area contributed by atoms with Gasteiger partial charge in [-0.1, -0.05) is 18.2 Å². The Morgan fingerprint density at radius 2 is 1.85 bits per heavy atom. The van der Waals surface area contributed by atoms with E-state index in [-0.39, 0.29) is 24.0 Å². The van der Waals surface area contributed by atoms with Crippen molar-refractivity contribution >= 4 is 47.0 Å². The number of hydrogen-bond acceptors (Lipinski definition) is 4. The molecule has 142 valence electrons. The van der Waals surface area contributed by atoms with Crippen molar-refractivity contribution in [3.8, 4) is 0 Å². The molecule has 0 saturated carbocycles. The number of rotatable bonds is 5. The van der Waals surface area contributed by atoms with Gasteiger partial charge in [0, 0.05) is 42.1 Å². The van der Waals surface area contributed by atoms with Crippen LogP contribution in [0.4, 0.5) is 5.69 Å². The second-order valence-corrected chi connectivity index (χ2v) is 7.39. The zero-order valence-electron chi connectivity index (χ0n) is 15.3. The molecular formula is C19H27IN4OS. The van der Waals surface area contributed by atoms with Gasteiger partial charge in [-0.25, -0.2) is 0 Å². The smallest absolute Gasteiger partial charge is 0.191 e. The minimum Gasteiger partial charge on any atom is -0.378 e. The molecule has 1 saturated heterocycles. The van der Waals surface area contributed by atoms with E-state index in [4.69, 9.17) is 4.74 Å². The number of morpholine rings is 1. The molecule has 1 aromatic heterocycles. The van der Waals surface area contributed by atoms with E-state index in [0.717, 1.165) is 45.4 Å². The molecule has 0 aliphatic carbocycles. The van der Waals surface area contributed by atoms with Gasteiger partial charge in [-0.15, -0.1) is 35.3 Å². The first-order valence-corrected chi connectivity index (χ1v) is 9.48. The molecule has 0 amide bonds. The van der Waals surface area contributed by atoms with Crippen molar-refractivity contribution in [1.82, 2.24) is 10.6 Å². The summed E-state index contributed by atoms with van der Waals surface area (Å²) < 4.78 is 5.47. The molecule has 1 aliphatic heterocycles. The fourth-order valence-corrected chi connectivity index (χ4v) is 3.75. The number of halogens is 1. The van der Waals surface area contributed by atoms with Crippen LogP contribution in [0.2, 0.25) is 0 Å². The third-order valence-corrected chi connectivity index (χ3v) is 5.24. The maximum absolute atomic E-state index is 5.47. The topological polar surface area (TPSA) is 48.9 Å². The molecule has 0 unspecified atom stereocenters. The van der Waals surface area contributed by atoms with Crippen LogP contribution >= 0.6 is 35.3 Å². The molecule has 1 aliphatic rings. The Morgan fingerprint density at radius 3 is 2.54 bits per heavy atom. The van der Waals surface area contributed by atoms with Gasteiger partial charge in [0.15, 0.2) is 5.96 Å². The summed E-state index contributed by atoms with van der Waals surface area (Å²) in [6.07, 6.45) is 0. The standard InChI is InChI=1S/C19H26N4OS.HI/c1-15-7-8-17(25-15)14-22-19(20-2)21-13-16-5-3-4-6-18(16)23-9-11-24-12-10-23;/h3-8H,9-14H2,1-2H3,(H2,20,21,22);1H. The number of aliphatic imine (C=N–C) groups is 1. The van der Waals surface area contributed by atoms with Gasteiger partial charge in [-0.05, 0) is 30.7 Å². The highest BCUT2D eigenvalue weighted by Crippen LogP contribution is 2.21. The summed E-state index contributed by atoms with van der Waals surface area (Å²) in [5.74, 6) is 0.822. The Bertz CT molecular complexity index is 713. The van der Waals surface area contributed by atoms with Crippen molar-refractivity contribution in [2.24, 2.45) is 4.99 Å². The largest absolute Gasteiger partial charge is 0.378 e. The summed E-state index contributed by atoms with van der Waals surface area (Å²) in [5, 5.41) is 6.81. The molecule has 5 nitrogen and oxygen atoms in total. The first-order valence-electron chi connectivity index (χ1n) is 8.66. The lowest BCUT2D eigenvalue weighted by molar-refractivity contribution is 0.122. The summed E-state index contributed by atoms with van der Waals surface area (Å²) in [7, 11) is 1.81. The van der Waals surface area contributed by atoms with Gasteiger partial charge in [0.25, 0.3) is 0 Å². The Morgan fingerprint density at radius 1 is 1.12 bits per heavy atom. The number of aryl methyl sites for hydroxylation is 1. The van der Waals surface area contributed by atoms with Crippen LogP contribution in [0.3, 0.4) is 0 Å². The van der Waals surface area contributed by atoms with E-state index in [1.54, 1.807) is 0 Å². The van der Waals surface area contributed by atoms with Crippen LogP contribution in [-0.2, 0) is 17.8 Å². The summed E-state index contributed by atoms with van der Waals surface area (Å²) in [6, 6.07) is 12.9. The predicted octanol–water partition coefficient (Wildman–Crippen LogP) is 3.38. The maximum atomic E-state index is 5.47. The molecule has 0 spiro atoms. The number of thiophene rings is 1. The van der Waals surface area contributed by atoms with Gasteiger partial charge in [0.1, 0.15) is 0 Å². The van der Waals surface area contributed by atoms with Gasteiger partial charge in [0.2, 0.25) is 0 Å². The summed E-state index contributed by atoms with van der Waals surface area (Å²) in [5.41, 5.74) is 2.56. The fourth-order valence-electron chi connectivity index (χ4n) is 2.92. The maximum Gasteiger partial charge on any atom is 0.191 e. The lowest BCUT2D eigenvalue weighted by Gasteiger charge is -2.30. The summed E-state index contributed by atoms with van der Waals surface area (Å²) in [6.45, 7) is 7.16. The molecule has 3 rings (SSSR count). The summed E-state index contributed by atoms with van der Waals surface area (Å²) >= 11 is 1.81. The van der Waals surface area contributed by atoms with E-state index in [1.165, 1.54) is 21.0 Å². The highest BCUT2D eigenvalue weighted by atomic mass is 127. The Hall–Kier alpha value is -1.32. The minimum atomic E-state index is 0. The second-order valence-electron chi connectivity index (χ2n) is 6.02. The number of anilines is 1. The molecule has 7 heteroatoms. The zero-order valence-corrected chi connectivity index (χ0v) is 18.5. The molecule has 2 N–H and O–H groups in total. The quantitative estimate of drug-likeness (QED) is 0.387. The summed E-state index contributed by atoms with van der Waals surface area (Å²) in [4.78, 5) is 9.37. The molecule has 26 heavy (non-hydrogen) atoms. The van der Waals surface area contributed by atoms with E-state index >= 15 is 0 Å². The van der Waals surface area contributed by atoms with Crippen molar-refractivity contribution in [2.45, 2.75) is 20.0 Å². The normalized spacial score (nSPS) is 14.7. The lowest BCUT2D eigenvalue weighted by Crippen LogP contribution is -2.38. The molecule has 2 heterocycles. The number of benzene rings is 1. The second kappa shape index (κ2) is 10.7. The average Bonchev–Trinajstić information content (AvgIpc) is 3.08. The van der Waals surface area contributed by atoms with E-state index in [1.807, 2.05) is 18.4 Å². The Labute approximate surface area is 176 Å². The Balaban J connectivity index is 0.00000243. The van der Waals surface area contributed by atoms with Crippen LogP contribution < -0.4 is 15.5 Å². The van der Waals surface area contributed by atoms with Crippen LogP contribution in [0, 0.1) is 6.92 Å². The van der Waals surface area contributed by atoms with Crippen LogP contribution in [0.5, 0.6) is 0 Å². The first-order chi connectivity index (χ1) is 12.3. The van der Waals surface area contributed by atoms with Crippen LogP contribution in [-0.4, -0.2) is 39.3 Å². The average molecular weight is 486 g/mol. The molecular weight excluding hydrogens is 459 g/mol. The van der Waals surface area contributed by atoms with Crippen molar-refractivity contribution in [3.05, 3.63) is 51.7 Å². The van der Waals surface area contributed by atoms with E-state index < -0.39 is 0 Å². The van der Waals surface area contributed by atoms with Crippen LogP contribution in [0.15, 0.2) is 41.4 Å². The van der Waals surface area contributed by atoms with Gasteiger partial charge in [-0.2, -0.15) is 0 Å². The van der Waals surface area contributed by atoms with Crippen molar-refractivity contribution < 1.29 is 4.74 Å². The number of nitrogens with one attached hydrogen (secondary N) is 2. The minimum absolute atomic E-state index is 0. The number of ether oxygens (including phenoxy) is 1. The molecule has 0 bridgehead atoms. The number of nitrogens with zero attached hydrogens (tertiary/aromatic N) is 2. The first kappa shape index (κ1) is 21.0. The van der Waals surface area contributed by atoms with Crippen molar-refractivity contribution in [1.29, 1.82) is 0 Å². The van der Waals surface area contributed by atoms with Gasteiger partial charge in [-0.3, -0.25) is 4.99 Å². The van der Waals surface area contributed by atoms with E-state index in [0.29, 0.717) is 0 Å². The fraction of sp³-hybridized carbons (Fsp3) is 0.421. The van der Waals surface area contributed by atoms with Crippen LogP contribution in [0.25, 0.3) is 0 Å². The third-order valence-electron chi connectivity index (χ3n) is 4.24. The van der Waals surface area contributed by atoms with E-state index in [9.17, 15) is 0 Å². The van der Waals surface area contributed by atoms with Crippen molar-refractivity contribution in [2.75, 3.05) is 38.3 Å². The third kappa shape index (κ3) is 5.85. The zero-order chi connectivity index (χ0) is 17.5. The monoisotopic (exact) mass is 486 g/mol. The molecule has 1 fully saturated rings. The van der Waals surface area contributed by atoms with Gasteiger partial charge >= 0.3 is 0 Å². The SMILES string of the molecule is CN=C(NCc1ccc(C)s1)NCc1ccccc1N1CCOCC1.I.